The number of fused-ring (bicyclic) bond motifs is 1. The fraction of sp³-hybridized carbons (Fsp3) is 0.200. The molecule has 0 bridgehead atoms. The van der Waals surface area contributed by atoms with E-state index in [9.17, 15) is 4.79 Å². The number of halogens is 1. The van der Waals surface area contributed by atoms with E-state index >= 15 is 0 Å². The Balaban J connectivity index is 1.64. The third-order valence-electron chi connectivity index (χ3n) is 4.51. The molecule has 1 atom stereocenters. The van der Waals surface area contributed by atoms with Crippen molar-refractivity contribution in [3.8, 4) is 11.5 Å². The normalized spacial score (nSPS) is 15.6. The van der Waals surface area contributed by atoms with E-state index < -0.39 is 0 Å². The Kier molecular flexibility index (Phi) is 5.11. The number of benzene rings is 2. The van der Waals surface area contributed by atoms with Crippen molar-refractivity contribution in [1.29, 1.82) is 0 Å². The Morgan fingerprint density at radius 1 is 1.29 bits per heavy atom. The molecule has 1 aromatic heterocycles. The highest BCUT2D eigenvalue weighted by Crippen LogP contribution is 2.43. The number of amides is 1. The number of methoxy groups -OCH3 is 1. The van der Waals surface area contributed by atoms with Crippen LogP contribution in [0.2, 0.25) is 5.02 Å². The van der Waals surface area contributed by atoms with Crippen LogP contribution in [0.3, 0.4) is 0 Å². The highest BCUT2D eigenvalue weighted by molar-refractivity contribution is 7.16. The van der Waals surface area contributed by atoms with Gasteiger partial charge in [0.25, 0.3) is 0 Å². The number of nitrogens with one attached hydrogen (secondary N) is 1. The number of thiazole rings is 1. The molecule has 1 aliphatic rings. The zero-order valence-corrected chi connectivity index (χ0v) is 16.6. The number of carbonyl (C=O) groups is 1. The van der Waals surface area contributed by atoms with Crippen molar-refractivity contribution in [2.45, 2.75) is 18.9 Å². The number of nitrogens with two attached hydrogens (primary N) is 1. The summed E-state index contributed by atoms with van der Waals surface area (Å²) in [4.78, 5) is 17.3. The molecular formula is C20H18ClN3O3S. The lowest BCUT2D eigenvalue weighted by Crippen LogP contribution is -2.22. The van der Waals surface area contributed by atoms with Crippen molar-refractivity contribution in [3.63, 3.8) is 0 Å². The molecular weight excluding hydrogens is 398 g/mol. The Labute approximate surface area is 171 Å². The average molecular weight is 416 g/mol. The number of carbonyl (C=O) groups excluding carboxylic acids is 1. The molecule has 0 radical (unpaired) electrons. The van der Waals surface area contributed by atoms with Crippen LogP contribution in [0.25, 0.3) is 0 Å². The van der Waals surface area contributed by atoms with Crippen molar-refractivity contribution >= 4 is 39.8 Å². The van der Waals surface area contributed by atoms with Crippen LogP contribution in [0.1, 0.15) is 28.3 Å². The molecule has 28 heavy (non-hydrogen) atoms. The maximum Gasteiger partial charge on any atom is 0.226 e. The van der Waals surface area contributed by atoms with Crippen molar-refractivity contribution < 1.29 is 14.3 Å². The first-order valence-corrected chi connectivity index (χ1v) is 9.84. The number of ether oxygens (including phenoxy) is 2. The van der Waals surface area contributed by atoms with E-state index in [1.807, 2.05) is 42.5 Å². The van der Waals surface area contributed by atoms with Crippen molar-refractivity contribution in [1.82, 2.24) is 4.98 Å². The Morgan fingerprint density at radius 2 is 2.14 bits per heavy atom. The molecule has 6 nitrogen and oxygen atoms in total. The summed E-state index contributed by atoms with van der Waals surface area (Å²) in [5, 5.41) is 3.87. The number of aromatic nitrogens is 1. The molecule has 8 heteroatoms. The molecule has 1 aliphatic heterocycles. The van der Waals surface area contributed by atoms with Crippen LogP contribution >= 0.6 is 22.9 Å². The summed E-state index contributed by atoms with van der Waals surface area (Å²) in [6.45, 7) is 0.351. The Morgan fingerprint density at radius 3 is 2.93 bits per heavy atom. The van der Waals surface area contributed by atoms with Gasteiger partial charge >= 0.3 is 0 Å². The van der Waals surface area contributed by atoms with Crippen LogP contribution in [0.4, 0.5) is 10.9 Å². The van der Waals surface area contributed by atoms with E-state index in [-0.39, 0.29) is 11.8 Å². The lowest BCUT2D eigenvalue weighted by Gasteiger charge is -2.22. The Hall–Kier alpha value is -2.77. The SMILES string of the molecule is COc1ccc(C2CC(=O)Nc3nc(N)sc32)cc1OCc1cccc(Cl)c1. The zero-order valence-electron chi connectivity index (χ0n) is 15.1. The number of rotatable bonds is 5. The minimum absolute atomic E-state index is 0.0833. The lowest BCUT2D eigenvalue weighted by molar-refractivity contribution is -0.116. The largest absolute Gasteiger partial charge is 0.493 e. The van der Waals surface area contributed by atoms with E-state index in [1.165, 1.54) is 11.3 Å². The van der Waals surface area contributed by atoms with Crippen LogP contribution < -0.4 is 20.5 Å². The van der Waals surface area contributed by atoms with Gasteiger partial charge in [-0.2, -0.15) is 0 Å². The van der Waals surface area contributed by atoms with Gasteiger partial charge in [-0.15, -0.1) is 0 Å². The Bertz CT molecular complexity index is 1040. The van der Waals surface area contributed by atoms with Gasteiger partial charge in [0.2, 0.25) is 5.91 Å². The zero-order chi connectivity index (χ0) is 19.7. The van der Waals surface area contributed by atoms with Crippen LogP contribution in [-0.2, 0) is 11.4 Å². The van der Waals surface area contributed by atoms with Crippen LogP contribution in [0.5, 0.6) is 11.5 Å². The molecule has 3 N–H and O–H groups in total. The summed E-state index contributed by atoms with van der Waals surface area (Å²) in [6.07, 6.45) is 0.328. The van der Waals surface area contributed by atoms with Gasteiger partial charge < -0.3 is 20.5 Å². The van der Waals surface area contributed by atoms with Crippen molar-refractivity contribution in [2.75, 3.05) is 18.2 Å². The van der Waals surface area contributed by atoms with Gasteiger partial charge in [-0.25, -0.2) is 4.98 Å². The number of nitrogen functional groups attached to an aromatic ring is 1. The van der Waals surface area contributed by atoms with Crippen LogP contribution in [0, 0.1) is 0 Å². The lowest BCUT2D eigenvalue weighted by atomic mass is 9.91. The summed E-state index contributed by atoms with van der Waals surface area (Å²) in [7, 11) is 1.59. The number of nitrogens with zero attached hydrogens (tertiary/aromatic N) is 1. The quantitative estimate of drug-likeness (QED) is 0.643. The third kappa shape index (κ3) is 3.76. The topological polar surface area (TPSA) is 86.5 Å². The number of hydrogen-bond donors (Lipinski definition) is 2. The maximum atomic E-state index is 12.1. The van der Waals surface area contributed by atoms with Crippen LogP contribution in [-0.4, -0.2) is 18.0 Å². The van der Waals surface area contributed by atoms with E-state index in [0.717, 1.165) is 16.0 Å². The molecule has 0 aliphatic carbocycles. The van der Waals surface area contributed by atoms with Crippen molar-refractivity contribution in [2.24, 2.45) is 0 Å². The monoisotopic (exact) mass is 415 g/mol. The predicted octanol–water partition coefficient (Wildman–Crippen LogP) is 4.44. The molecule has 2 aromatic carbocycles. The first-order chi connectivity index (χ1) is 13.5. The standard InChI is InChI=1S/C20H18ClN3O3S/c1-26-15-6-5-12(8-16(15)27-10-11-3-2-4-13(21)7-11)14-9-17(25)23-19-18(14)28-20(22)24-19/h2-8,14H,9-10H2,1H3,(H2,22,24)(H,23,25). The number of anilines is 2. The fourth-order valence-corrected chi connectivity index (χ4v) is 4.35. The summed E-state index contributed by atoms with van der Waals surface area (Å²) >= 11 is 7.43. The van der Waals surface area contributed by atoms with Gasteiger partial charge in [0.05, 0.1) is 12.0 Å². The van der Waals surface area contributed by atoms with E-state index in [1.54, 1.807) is 7.11 Å². The first-order valence-electron chi connectivity index (χ1n) is 8.64. The highest BCUT2D eigenvalue weighted by atomic mass is 35.5. The summed E-state index contributed by atoms with van der Waals surface area (Å²) in [5.41, 5.74) is 7.74. The van der Waals surface area contributed by atoms with E-state index in [2.05, 4.69) is 10.3 Å². The van der Waals surface area contributed by atoms with Gasteiger partial charge in [0.1, 0.15) is 12.4 Å². The molecule has 0 saturated heterocycles. The molecule has 2 heterocycles. The molecule has 0 spiro atoms. The van der Waals surface area contributed by atoms with E-state index in [4.69, 9.17) is 26.8 Å². The van der Waals surface area contributed by atoms with Crippen LogP contribution in [0.15, 0.2) is 42.5 Å². The molecule has 3 aromatic rings. The fourth-order valence-electron chi connectivity index (χ4n) is 3.22. The first kappa shape index (κ1) is 18.6. The average Bonchev–Trinajstić information content (AvgIpc) is 3.05. The molecule has 0 saturated carbocycles. The van der Waals surface area contributed by atoms with E-state index in [0.29, 0.717) is 40.5 Å². The summed E-state index contributed by atoms with van der Waals surface area (Å²) in [6, 6.07) is 13.2. The van der Waals surface area contributed by atoms with Gasteiger partial charge in [-0.1, -0.05) is 41.1 Å². The molecule has 144 valence electrons. The second-order valence-electron chi connectivity index (χ2n) is 6.40. The minimum atomic E-state index is -0.127. The minimum Gasteiger partial charge on any atom is -0.493 e. The van der Waals surface area contributed by atoms with Gasteiger partial charge in [0, 0.05) is 17.4 Å². The third-order valence-corrected chi connectivity index (χ3v) is 5.74. The smallest absolute Gasteiger partial charge is 0.226 e. The predicted molar refractivity (Wildman–Crippen MR) is 110 cm³/mol. The van der Waals surface area contributed by atoms with Crippen molar-refractivity contribution in [3.05, 3.63) is 63.5 Å². The highest BCUT2D eigenvalue weighted by Gasteiger charge is 2.30. The molecule has 1 unspecified atom stereocenters. The molecule has 1 amide bonds. The van der Waals surface area contributed by atoms with Gasteiger partial charge in [-0.05, 0) is 35.4 Å². The second kappa shape index (κ2) is 7.69. The second-order valence-corrected chi connectivity index (χ2v) is 7.90. The summed E-state index contributed by atoms with van der Waals surface area (Å²) < 4.78 is 11.4. The molecule has 4 rings (SSSR count). The maximum absolute atomic E-state index is 12.1. The molecule has 0 fully saturated rings. The van der Waals surface area contributed by atoms with Gasteiger partial charge in [0.15, 0.2) is 16.6 Å². The summed E-state index contributed by atoms with van der Waals surface area (Å²) in [5.74, 6) is 1.55. The van der Waals surface area contributed by atoms with Gasteiger partial charge in [-0.3, -0.25) is 4.79 Å². The number of hydrogen-bond acceptors (Lipinski definition) is 6.